The number of hydrogen-bond acceptors (Lipinski definition) is 6. The van der Waals surface area contributed by atoms with Gasteiger partial charge in [0.15, 0.2) is 23.1 Å². The van der Waals surface area contributed by atoms with Crippen molar-refractivity contribution in [2.75, 3.05) is 10.6 Å². The standard InChI is InChI=1S/C20H13F3N6O3/c21-8-1-2-15(12(22)3-8)29-6-11(20(31)32)16(30)9-4-13(23)19(25-18(9)29)28-5-10-14(7-28)26-27-17(10)24/h1-4,6H,5,7H2,(H,31,32)(H3,24,26,27). The van der Waals surface area contributed by atoms with Crippen LogP contribution in [0.5, 0.6) is 0 Å². The highest BCUT2D eigenvalue weighted by Gasteiger charge is 2.28. The molecule has 0 bridgehead atoms. The van der Waals surface area contributed by atoms with Crippen molar-refractivity contribution in [2.24, 2.45) is 0 Å². The topological polar surface area (TPSA) is 130 Å². The maximum Gasteiger partial charge on any atom is 0.341 e. The Balaban J connectivity index is 1.76. The van der Waals surface area contributed by atoms with Crippen molar-refractivity contribution in [3.05, 3.63) is 75.0 Å². The van der Waals surface area contributed by atoms with Crippen LogP contribution < -0.4 is 16.1 Å². The monoisotopic (exact) mass is 442 g/mol. The second-order valence-corrected chi connectivity index (χ2v) is 7.23. The van der Waals surface area contributed by atoms with Gasteiger partial charge in [0.05, 0.1) is 29.9 Å². The zero-order chi connectivity index (χ0) is 22.7. The van der Waals surface area contributed by atoms with E-state index in [2.05, 4.69) is 15.2 Å². The number of nitrogens with two attached hydrogens (primary N) is 1. The normalized spacial score (nSPS) is 13.0. The number of carboxylic acid groups (broad SMARTS) is 1. The minimum atomic E-state index is -1.58. The molecule has 0 atom stereocenters. The minimum absolute atomic E-state index is 0.153. The first-order chi connectivity index (χ1) is 15.2. The van der Waals surface area contributed by atoms with Crippen LogP contribution in [0.15, 0.2) is 35.3 Å². The number of H-pyrrole nitrogens is 1. The fourth-order valence-electron chi connectivity index (χ4n) is 3.76. The summed E-state index contributed by atoms with van der Waals surface area (Å²) in [5.74, 6) is -4.22. The second-order valence-electron chi connectivity index (χ2n) is 7.23. The van der Waals surface area contributed by atoms with Crippen LogP contribution in [0, 0.1) is 17.5 Å². The Morgan fingerprint density at radius 2 is 1.94 bits per heavy atom. The summed E-state index contributed by atoms with van der Waals surface area (Å²) >= 11 is 0. The van der Waals surface area contributed by atoms with Crippen molar-refractivity contribution in [3.8, 4) is 5.69 Å². The van der Waals surface area contributed by atoms with Crippen molar-refractivity contribution < 1.29 is 23.1 Å². The van der Waals surface area contributed by atoms with Gasteiger partial charge in [-0.15, -0.1) is 0 Å². The number of aromatic nitrogens is 4. The van der Waals surface area contributed by atoms with Crippen LogP contribution in [0.4, 0.5) is 24.8 Å². The van der Waals surface area contributed by atoms with E-state index in [-0.39, 0.29) is 41.4 Å². The number of nitrogens with one attached hydrogen (secondary N) is 1. The lowest BCUT2D eigenvalue weighted by Crippen LogP contribution is -2.23. The average molecular weight is 442 g/mol. The quantitative estimate of drug-likeness (QED) is 0.444. The molecule has 32 heavy (non-hydrogen) atoms. The van der Waals surface area contributed by atoms with E-state index in [9.17, 15) is 23.5 Å². The Hall–Kier alpha value is -4.35. The Morgan fingerprint density at radius 3 is 2.62 bits per heavy atom. The molecule has 9 nitrogen and oxygen atoms in total. The molecule has 0 amide bonds. The number of aromatic carboxylic acids is 1. The molecule has 0 aliphatic carbocycles. The minimum Gasteiger partial charge on any atom is -0.477 e. The molecule has 0 fully saturated rings. The molecule has 0 saturated carbocycles. The molecule has 1 aliphatic heterocycles. The number of carboxylic acids is 1. The third-order valence-electron chi connectivity index (χ3n) is 5.29. The van der Waals surface area contributed by atoms with Crippen LogP contribution in [0.3, 0.4) is 0 Å². The number of anilines is 2. The number of nitrogens with zero attached hydrogens (tertiary/aromatic N) is 4. The van der Waals surface area contributed by atoms with Crippen LogP contribution in [-0.2, 0) is 13.1 Å². The summed E-state index contributed by atoms with van der Waals surface area (Å²) in [7, 11) is 0. The van der Waals surface area contributed by atoms with E-state index in [1.807, 2.05) is 0 Å². The van der Waals surface area contributed by atoms with E-state index in [4.69, 9.17) is 5.73 Å². The highest BCUT2D eigenvalue weighted by atomic mass is 19.1. The molecular formula is C20H13F3N6O3. The van der Waals surface area contributed by atoms with E-state index in [0.29, 0.717) is 17.3 Å². The summed E-state index contributed by atoms with van der Waals surface area (Å²) in [5, 5.41) is 15.7. The third kappa shape index (κ3) is 2.87. The molecule has 4 heterocycles. The smallest absolute Gasteiger partial charge is 0.341 e. The molecule has 0 saturated heterocycles. The molecular weight excluding hydrogens is 429 g/mol. The number of pyridine rings is 2. The van der Waals surface area contributed by atoms with Crippen LogP contribution in [0.2, 0.25) is 0 Å². The van der Waals surface area contributed by atoms with E-state index in [0.717, 1.165) is 29.0 Å². The Morgan fingerprint density at radius 1 is 1.16 bits per heavy atom. The summed E-state index contributed by atoms with van der Waals surface area (Å²) in [6, 6.07) is 3.50. The molecule has 1 aromatic carbocycles. The number of fused-ring (bicyclic) bond motifs is 2. The number of aromatic amines is 1. The molecule has 1 aliphatic rings. The molecule has 4 N–H and O–H groups in total. The van der Waals surface area contributed by atoms with Gasteiger partial charge in [-0.2, -0.15) is 5.10 Å². The van der Waals surface area contributed by atoms with Crippen molar-refractivity contribution in [1.82, 2.24) is 19.7 Å². The summed E-state index contributed by atoms with van der Waals surface area (Å²) in [4.78, 5) is 30.0. The van der Waals surface area contributed by atoms with Crippen LogP contribution in [0.1, 0.15) is 21.6 Å². The first-order valence-corrected chi connectivity index (χ1v) is 9.25. The molecule has 0 unspecified atom stereocenters. The summed E-state index contributed by atoms with van der Waals surface area (Å²) in [6.07, 6.45) is 0.881. The van der Waals surface area contributed by atoms with Crippen molar-refractivity contribution in [2.45, 2.75) is 13.1 Å². The largest absolute Gasteiger partial charge is 0.477 e. The van der Waals surface area contributed by atoms with E-state index in [1.165, 1.54) is 4.90 Å². The van der Waals surface area contributed by atoms with Gasteiger partial charge in [-0.3, -0.25) is 14.5 Å². The van der Waals surface area contributed by atoms with Crippen molar-refractivity contribution in [1.29, 1.82) is 0 Å². The zero-order valence-electron chi connectivity index (χ0n) is 16.1. The fourth-order valence-corrected chi connectivity index (χ4v) is 3.76. The Labute approximate surface area is 176 Å². The van der Waals surface area contributed by atoms with Gasteiger partial charge in [0.25, 0.3) is 0 Å². The first-order valence-electron chi connectivity index (χ1n) is 9.25. The van der Waals surface area contributed by atoms with Gasteiger partial charge < -0.3 is 15.7 Å². The van der Waals surface area contributed by atoms with E-state index in [1.54, 1.807) is 0 Å². The van der Waals surface area contributed by atoms with E-state index < -0.39 is 34.4 Å². The summed E-state index contributed by atoms with van der Waals surface area (Å²) in [6.45, 7) is 0.396. The number of carbonyl (C=O) groups is 1. The highest BCUT2D eigenvalue weighted by molar-refractivity contribution is 5.92. The summed E-state index contributed by atoms with van der Waals surface area (Å²) in [5.41, 5.74) is 5.00. The molecule has 12 heteroatoms. The number of hydrogen-bond donors (Lipinski definition) is 3. The highest BCUT2D eigenvalue weighted by Crippen LogP contribution is 2.32. The van der Waals surface area contributed by atoms with Crippen molar-refractivity contribution >= 4 is 28.6 Å². The molecule has 0 radical (unpaired) electrons. The number of halogens is 3. The SMILES string of the molecule is Nc1n[nH]c2c1CN(c1nc3c(cc1F)c(=O)c(C(=O)O)cn3-c1ccc(F)cc1F)C2. The van der Waals surface area contributed by atoms with E-state index >= 15 is 4.39 Å². The molecule has 162 valence electrons. The lowest BCUT2D eigenvalue weighted by Gasteiger charge is -2.19. The maximum absolute atomic E-state index is 15.0. The lowest BCUT2D eigenvalue weighted by molar-refractivity contribution is 0.0695. The van der Waals surface area contributed by atoms with Gasteiger partial charge in [0, 0.05) is 17.8 Å². The van der Waals surface area contributed by atoms with Crippen LogP contribution in [0.25, 0.3) is 16.7 Å². The second kappa shape index (κ2) is 6.83. The van der Waals surface area contributed by atoms with Gasteiger partial charge >= 0.3 is 5.97 Å². The van der Waals surface area contributed by atoms with Gasteiger partial charge in [0.2, 0.25) is 5.43 Å². The predicted molar refractivity (Wildman–Crippen MR) is 107 cm³/mol. The number of nitrogen functional groups attached to an aromatic ring is 1. The lowest BCUT2D eigenvalue weighted by atomic mass is 10.1. The maximum atomic E-state index is 15.0. The van der Waals surface area contributed by atoms with Crippen molar-refractivity contribution in [3.63, 3.8) is 0 Å². The van der Waals surface area contributed by atoms with Crippen LogP contribution in [-0.4, -0.2) is 30.8 Å². The fraction of sp³-hybridized carbons (Fsp3) is 0.100. The molecule has 0 spiro atoms. The average Bonchev–Trinajstić information content (AvgIpc) is 3.30. The van der Waals surface area contributed by atoms with Gasteiger partial charge in [-0.25, -0.2) is 22.9 Å². The molecule has 5 rings (SSSR count). The number of benzene rings is 1. The van der Waals surface area contributed by atoms with Gasteiger partial charge in [-0.1, -0.05) is 0 Å². The molecule has 4 aromatic rings. The number of rotatable bonds is 3. The third-order valence-corrected chi connectivity index (χ3v) is 5.29. The first kappa shape index (κ1) is 19.6. The Kier molecular flexibility index (Phi) is 4.19. The predicted octanol–water partition coefficient (Wildman–Crippen LogP) is 2.33. The Bertz CT molecular complexity index is 1500. The van der Waals surface area contributed by atoms with Gasteiger partial charge in [-0.05, 0) is 18.2 Å². The summed E-state index contributed by atoms with van der Waals surface area (Å²) < 4.78 is 43.9. The molecule has 3 aromatic heterocycles. The van der Waals surface area contributed by atoms with Gasteiger partial charge in [0.1, 0.15) is 17.2 Å². The van der Waals surface area contributed by atoms with Crippen LogP contribution >= 0.6 is 0 Å². The zero-order valence-corrected chi connectivity index (χ0v) is 16.1.